The first-order valence-corrected chi connectivity index (χ1v) is 9.24. The molecule has 1 saturated heterocycles. The number of amides is 2. The first kappa shape index (κ1) is 18.9. The average Bonchev–Trinajstić information content (AvgIpc) is 2.74. The summed E-state index contributed by atoms with van der Waals surface area (Å²) in [7, 11) is 0. The highest BCUT2D eigenvalue weighted by Gasteiger charge is 2.28. The zero-order valence-electron chi connectivity index (χ0n) is 15.3. The lowest BCUT2D eigenvalue weighted by Crippen LogP contribution is -2.44. The third-order valence-corrected chi connectivity index (χ3v) is 4.90. The first-order chi connectivity index (χ1) is 13.2. The van der Waals surface area contributed by atoms with Gasteiger partial charge in [-0.2, -0.15) is 0 Å². The van der Waals surface area contributed by atoms with Crippen LogP contribution in [0, 0.1) is 5.92 Å². The van der Waals surface area contributed by atoms with E-state index in [-0.39, 0.29) is 17.7 Å². The van der Waals surface area contributed by atoms with Crippen LogP contribution in [0.15, 0.2) is 54.6 Å². The molecule has 0 unspecified atom stereocenters. The Kier molecular flexibility index (Phi) is 6.44. The summed E-state index contributed by atoms with van der Waals surface area (Å²) in [5.74, 6) is 5.45. The molecule has 1 aliphatic heterocycles. The molecule has 3 N–H and O–H groups in total. The van der Waals surface area contributed by atoms with Crippen LogP contribution >= 0.6 is 0 Å². The van der Waals surface area contributed by atoms with Gasteiger partial charge in [0, 0.05) is 25.4 Å². The average molecular weight is 367 g/mol. The summed E-state index contributed by atoms with van der Waals surface area (Å²) in [5, 5.41) is 0. The quantitative estimate of drug-likeness (QED) is 0.465. The molecule has 3 rings (SSSR count). The minimum absolute atomic E-state index is 0.0584. The molecule has 27 heavy (non-hydrogen) atoms. The van der Waals surface area contributed by atoms with Crippen LogP contribution in [0.2, 0.25) is 0 Å². The number of nitrogens with one attached hydrogen (secondary N) is 1. The SMILES string of the molecule is NNC(=O)C1CCN(C(=O)c2ccccc2OCCc2ccccc2)CC1. The maximum Gasteiger partial charge on any atom is 0.257 e. The minimum Gasteiger partial charge on any atom is -0.492 e. The van der Waals surface area contributed by atoms with Crippen LogP contribution in [-0.4, -0.2) is 36.4 Å². The van der Waals surface area contributed by atoms with Gasteiger partial charge in [-0.1, -0.05) is 42.5 Å². The molecule has 6 nitrogen and oxygen atoms in total. The van der Waals surface area contributed by atoms with Gasteiger partial charge in [0.15, 0.2) is 0 Å². The lowest BCUT2D eigenvalue weighted by molar-refractivity contribution is -0.126. The van der Waals surface area contributed by atoms with Gasteiger partial charge in [-0.25, -0.2) is 5.84 Å². The van der Waals surface area contributed by atoms with E-state index in [1.807, 2.05) is 36.4 Å². The number of carbonyl (C=O) groups excluding carboxylic acids is 2. The summed E-state index contributed by atoms with van der Waals surface area (Å²) in [6.45, 7) is 1.58. The van der Waals surface area contributed by atoms with Crippen LogP contribution in [0.1, 0.15) is 28.8 Å². The second kappa shape index (κ2) is 9.19. The molecule has 0 spiro atoms. The third kappa shape index (κ3) is 4.86. The molecule has 0 aliphatic carbocycles. The van der Waals surface area contributed by atoms with E-state index in [1.165, 1.54) is 5.56 Å². The number of hydrazine groups is 1. The largest absolute Gasteiger partial charge is 0.492 e. The van der Waals surface area contributed by atoms with Crippen molar-refractivity contribution in [3.8, 4) is 5.75 Å². The number of benzene rings is 2. The Hall–Kier alpha value is -2.86. The van der Waals surface area contributed by atoms with Crippen molar-refractivity contribution in [3.05, 3.63) is 65.7 Å². The lowest BCUT2D eigenvalue weighted by atomic mass is 9.95. The van der Waals surface area contributed by atoms with Gasteiger partial charge < -0.3 is 9.64 Å². The number of nitrogens with two attached hydrogens (primary N) is 1. The Morgan fingerprint density at radius 1 is 1.04 bits per heavy atom. The predicted molar refractivity (Wildman–Crippen MR) is 103 cm³/mol. The maximum atomic E-state index is 12.9. The van der Waals surface area contributed by atoms with Crippen LogP contribution in [0.5, 0.6) is 5.75 Å². The van der Waals surface area contributed by atoms with Crippen molar-refractivity contribution in [1.29, 1.82) is 0 Å². The van der Waals surface area contributed by atoms with Crippen molar-refractivity contribution in [2.75, 3.05) is 19.7 Å². The molecule has 0 radical (unpaired) electrons. The predicted octanol–water partition coefficient (Wildman–Crippen LogP) is 2.15. The van der Waals surface area contributed by atoms with Crippen LogP contribution < -0.4 is 16.0 Å². The molecule has 6 heteroatoms. The molecule has 0 bridgehead atoms. The second-order valence-electron chi connectivity index (χ2n) is 6.66. The summed E-state index contributed by atoms with van der Waals surface area (Å²) in [5.41, 5.74) is 3.95. The van der Waals surface area contributed by atoms with E-state index < -0.39 is 0 Å². The fraction of sp³-hybridized carbons (Fsp3) is 0.333. The van der Waals surface area contributed by atoms with Crippen molar-refractivity contribution in [2.45, 2.75) is 19.3 Å². The van der Waals surface area contributed by atoms with Crippen LogP contribution in [-0.2, 0) is 11.2 Å². The summed E-state index contributed by atoms with van der Waals surface area (Å²) >= 11 is 0. The smallest absolute Gasteiger partial charge is 0.257 e. The van der Waals surface area contributed by atoms with Gasteiger partial charge in [-0.15, -0.1) is 0 Å². The van der Waals surface area contributed by atoms with E-state index in [0.717, 1.165) is 6.42 Å². The molecule has 0 aromatic heterocycles. The Morgan fingerprint density at radius 2 is 1.70 bits per heavy atom. The lowest BCUT2D eigenvalue weighted by Gasteiger charge is -2.31. The monoisotopic (exact) mass is 367 g/mol. The van der Waals surface area contributed by atoms with Gasteiger partial charge in [-0.05, 0) is 30.5 Å². The molecule has 2 aromatic rings. The van der Waals surface area contributed by atoms with E-state index in [1.54, 1.807) is 11.0 Å². The van der Waals surface area contributed by atoms with Crippen molar-refractivity contribution in [1.82, 2.24) is 10.3 Å². The number of hydrogen-bond acceptors (Lipinski definition) is 4. The summed E-state index contributed by atoms with van der Waals surface area (Å²) < 4.78 is 5.90. The van der Waals surface area contributed by atoms with Gasteiger partial charge in [-0.3, -0.25) is 15.0 Å². The number of ether oxygens (including phenoxy) is 1. The van der Waals surface area contributed by atoms with E-state index >= 15 is 0 Å². The van der Waals surface area contributed by atoms with Crippen LogP contribution in [0.4, 0.5) is 0 Å². The minimum atomic E-state index is -0.160. The third-order valence-electron chi connectivity index (χ3n) is 4.90. The van der Waals surface area contributed by atoms with Crippen LogP contribution in [0.25, 0.3) is 0 Å². The van der Waals surface area contributed by atoms with E-state index in [4.69, 9.17) is 10.6 Å². The number of likely N-dealkylation sites (tertiary alicyclic amines) is 1. The maximum absolute atomic E-state index is 12.9. The number of carbonyl (C=O) groups is 2. The number of rotatable bonds is 6. The van der Waals surface area contributed by atoms with E-state index in [9.17, 15) is 9.59 Å². The Morgan fingerprint density at radius 3 is 2.41 bits per heavy atom. The van der Waals surface area contributed by atoms with E-state index in [2.05, 4.69) is 17.6 Å². The zero-order valence-corrected chi connectivity index (χ0v) is 15.3. The highest BCUT2D eigenvalue weighted by molar-refractivity contribution is 5.97. The van der Waals surface area contributed by atoms with E-state index in [0.29, 0.717) is 43.9 Å². The fourth-order valence-corrected chi connectivity index (χ4v) is 3.33. The molecule has 0 atom stereocenters. The van der Waals surface area contributed by atoms with Gasteiger partial charge in [0.1, 0.15) is 5.75 Å². The van der Waals surface area contributed by atoms with Crippen molar-refractivity contribution >= 4 is 11.8 Å². The van der Waals surface area contributed by atoms with Crippen molar-refractivity contribution in [2.24, 2.45) is 11.8 Å². The first-order valence-electron chi connectivity index (χ1n) is 9.24. The Balaban J connectivity index is 1.60. The van der Waals surface area contributed by atoms with Gasteiger partial charge in [0.2, 0.25) is 5.91 Å². The molecular formula is C21H25N3O3. The molecule has 2 aromatic carbocycles. The highest BCUT2D eigenvalue weighted by Crippen LogP contribution is 2.24. The van der Waals surface area contributed by atoms with Crippen molar-refractivity contribution < 1.29 is 14.3 Å². The Labute approximate surface area is 159 Å². The second-order valence-corrected chi connectivity index (χ2v) is 6.66. The topological polar surface area (TPSA) is 84.7 Å². The normalized spacial score (nSPS) is 14.6. The number of piperidine rings is 1. The standard InChI is InChI=1S/C21H25N3O3/c22-23-20(25)17-10-13-24(14-11-17)21(26)18-8-4-5-9-19(18)27-15-12-16-6-2-1-3-7-16/h1-9,17H,10-15,22H2,(H,23,25). The fourth-order valence-electron chi connectivity index (χ4n) is 3.33. The molecule has 0 saturated carbocycles. The molecule has 2 amide bonds. The van der Waals surface area contributed by atoms with Gasteiger partial charge in [0.25, 0.3) is 5.91 Å². The Bertz CT molecular complexity index is 771. The molecule has 1 heterocycles. The van der Waals surface area contributed by atoms with Gasteiger partial charge in [0.05, 0.1) is 12.2 Å². The summed E-state index contributed by atoms with van der Waals surface area (Å²) in [6.07, 6.45) is 2.01. The summed E-state index contributed by atoms with van der Waals surface area (Å²) in [4.78, 5) is 26.3. The molecular weight excluding hydrogens is 342 g/mol. The number of para-hydroxylation sites is 1. The molecule has 1 aliphatic rings. The zero-order chi connectivity index (χ0) is 19.1. The van der Waals surface area contributed by atoms with Crippen LogP contribution in [0.3, 0.4) is 0 Å². The number of hydrogen-bond donors (Lipinski definition) is 2. The van der Waals surface area contributed by atoms with Gasteiger partial charge >= 0.3 is 0 Å². The molecule has 1 fully saturated rings. The molecule has 142 valence electrons. The summed E-state index contributed by atoms with van der Waals surface area (Å²) in [6, 6.07) is 17.4. The highest BCUT2D eigenvalue weighted by atomic mass is 16.5. The van der Waals surface area contributed by atoms with Crippen molar-refractivity contribution in [3.63, 3.8) is 0 Å². The number of nitrogens with zero attached hydrogens (tertiary/aromatic N) is 1.